The highest BCUT2D eigenvalue weighted by Gasteiger charge is 2.48. The molecule has 0 saturated carbocycles. The molecule has 3 aliphatic heterocycles. The summed E-state index contributed by atoms with van der Waals surface area (Å²) in [7, 11) is 2.97. The van der Waals surface area contributed by atoms with E-state index in [1.54, 1.807) is 23.1 Å². The largest absolute Gasteiger partial charge is 0.493 e. The number of methoxy groups -OCH3 is 2. The van der Waals surface area contributed by atoms with Gasteiger partial charge in [-0.1, -0.05) is 6.07 Å². The molecule has 184 valence electrons. The van der Waals surface area contributed by atoms with Gasteiger partial charge in [0.2, 0.25) is 0 Å². The molecule has 0 radical (unpaired) electrons. The van der Waals surface area contributed by atoms with E-state index in [0.29, 0.717) is 36.2 Å². The number of rotatable bonds is 4. The van der Waals surface area contributed by atoms with Gasteiger partial charge in [0.25, 0.3) is 5.91 Å². The third-order valence-corrected chi connectivity index (χ3v) is 7.15. The normalized spacial score (nSPS) is 24.9. The maximum atomic E-state index is 14.1. The predicted molar refractivity (Wildman–Crippen MR) is 118 cm³/mol. The van der Waals surface area contributed by atoms with Gasteiger partial charge in [0.15, 0.2) is 17.5 Å². The summed E-state index contributed by atoms with van der Waals surface area (Å²) in [6, 6.07) is 2.82. The fourth-order valence-electron chi connectivity index (χ4n) is 5.35. The zero-order valence-electron chi connectivity index (χ0n) is 19.1. The molecule has 3 atom stereocenters. The van der Waals surface area contributed by atoms with Crippen LogP contribution < -0.4 is 14.8 Å². The number of aromatic nitrogens is 2. The number of amides is 1. The summed E-state index contributed by atoms with van der Waals surface area (Å²) in [6.45, 7) is 2.97. The zero-order valence-corrected chi connectivity index (χ0v) is 19.1. The minimum atomic E-state index is -4.52. The van der Waals surface area contributed by atoms with E-state index in [4.69, 9.17) is 9.47 Å². The summed E-state index contributed by atoms with van der Waals surface area (Å²) in [5.74, 6) is 0.734. The van der Waals surface area contributed by atoms with Crippen LogP contribution in [0.2, 0.25) is 0 Å². The first-order chi connectivity index (χ1) is 16.3. The van der Waals surface area contributed by atoms with Gasteiger partial charge in [-0.05, 0) is 37.1 Å². The van der Waals surface area contributed by atoms with Gasteiger partial charge in [-0.25, -0.2) is 4.68 Å². The highest BCUT2D eigenvalue weighted by Crippen LogP contribution is 2.45. The van der Waals surface area contributed by atoms with Gasteiger partial charge in [-0.15, -0.1) is 0 Å². The number of nitrogens with zero attached hydrogens (tertiary/aromatic N) is 4. The lowest BCUT2D eigenvalue weighted by atomic mass is 9.96. The van der Waals surface area contributed by atoms with Crippen LogP contribution in [0.15, 0.2) is 24.4 Å². The Balaban J connectivity index is 1.47. The lowest BCUT2D eigenvalue weighted by Gasteiger charge is -2.38. The van der Waals surface area contributed by atoms with Crippen LogP contribution in [0.1, 0.15) is 47.3 Å². The van der Waals surface area contributed by atoms with E-state index >= 15 is 0 Å². The van der Waals surface area contributed by atoms with Crippen molar-refractivity contribution in [3.05, 3.63) is 35.5 Å². The van der Waals surface area contributed by atoms with Gasteiger partial charge in [-0.2, -0.15) is 18.3 Å². The number of carbonyl (C=O) groups excluding carboxylic acids is 1. The third-order valence-electron chi connectivity index (χ3n) is 7.15. The monoisotopic (exact) mass is 479 g/mol. The van der Waals surface area contributed by atoms with Crippen LogP contribution in [0.4, 0.5) is 19.0 Å². The fraction of sp³-hybridized carbons (Fsp3) is 0.565. The molecule has 4 heterocycles. The van der Waals surface area contributed by atoms with E-state index in [-0.39, 0.29) is 23.7 Å². The molecule has 1 aromatic carbocycles. The van der Waals surface area contributed by atoms with E-state index in [0.717, 1.165) is 30.6 Å². The topological polar surface area (TPSA) is 71.9 Å². The standard InChI is InChI=1S/C23H28F3N5O3/c1-33-18-6-5-14(10-19(18)34-2)17-11-20(23(24,25)26)31-21(28-17)16(12-27-31)22(32)30-9-8-29-7-3-4-15(29)13-30/h5-6,10,12,15,17,20,28H,3-4,7-9,11,13H2,1-2H3/t15-,17-,20+/m1/s1. The van der Waals surface area contributed by atoms with Crippen molar-refractivity contribution in [1.82, 2.24) is 19.6 Å². The maximum absolute atomic E-state index is 14.1. The van der Waals surface area contributed by atoms with Gasteiger partial charge in [0, 0.05) is 32.1 Å². The van der Waals surface area contributed by atoms with Crippen molar-refractivity contribution < 1.29 is 27.4 Å². The average molecular weight is 480 g/mol. The maximum Gasteiger partial charge on any atom is 0.410 e. The summed E-state index contributed by atoms with van der Waals surface area (Å²) >= 11 is 0. The predicted octanol–water partition coefficient (Wildman–Crippen LogP) is 3.48. The third kappa shape index (κ3) is 3.95. The molecule has 0 unspecified atom stereocenters. The molecule has 11 heteroatoms. The van der Waals surface area contributed by atoms with Crippen molar-refractivity contribution >= 4 is 11.7 Å². The molecule has 0 aliphatic carbocycles. The minimum Gasteiger partial charge on any atom is -0.493 e. The van der Waals surface area contributed by atoms with Gasteiger partial charge < -0.3 is 19.7 Å². The number of benzene rings is 1. The summed E-state index contributed by atoms with van der Waals surface area (Å²) in [4.78, 5) is 17.5. The van der Waals surface area contributed by atoms with Crippen molar-refractivity contribution in [2.45, 2.75) is 43.6 Å². The molecule has 0 bridgehead atoms. The number of piperazine rings is 1. The molecule has 3 aliphatic rings. The Hall–Kier alpha value is -2.95. The van der Waals surface area contributed by atoms with Crippen LogP contribution in [-0.2, 0) is 0 Å². The van der Waals surface area contributed by atoms with Crippen molar-refractivity contribution in [2.24, 2.45) is 0 Å². The van der Waals surface area contributed by atoms with Crippen molar-refractivity contribution in [1.29, 1.82) is 0 Å². The lowest BCUT2D eigenvalue weighted by molar-refractivity contribution is -0.173. The molecular formula is C23H28F3N5O3. The van der Waals surface area contributed by atoms with Crippen molar-refractivity contribution in [3.8, 4) is 11.5 Å². The Kier molecular flexibility index (Phi) is 5.83. The second kappa shape index (κ2) is 8.68. The van der Waals surface area contributed by atoms with Crippen LogP contribution in [0.3, 0.4) is 0 Å². The number of carbonyl (C=O) groups is 1. The van der Waals surface area contributed by atoms with Crippen molar-refractivity contribution in [2.75, 3.05) is 45.7 Å². The summed E-state index contributed by atoms with van der Waals surface area (Å²) < 4.78 is 53.7. The number of halogens is 3. The van der Waals surface area contributed by atoms with E-state index in [1.807, 2.05) is 0 Å². The van der Waals surface area contributed by atoms with Crippen LogP contribution in [0.5, 0.6) is 11.5 Å². The van der Waals surface area contributed by atoms with E-state index in [1.165, 1.54) is 20.4 Å². The number of hydrogen-bond acceptors (Lipinski definition) is 6. The smallest absolute Gasteiger partial charge is 0.410 e. The van der Waals surface area contributed by atoms with Gasteiger partial charge in [0.1, 0.15) is 11.4 Å². The molecule has 1 amide bonds. The summed E-state index contributed by atoms with van der Waals surface area (Å²) in [6.07, 6.45) is -1.37. The Bertz CT molecular complexity index is 1070. The number of anilines is 1. The zero-order chi connectivity index (χ0) is 24.0. The van der Waals surface area contributed by atoms with Crippen LogP contribution in [-0.4, -0.2) is 78.1 Å². The molecular weight excluding hydrogens is 451 g/mol. The number of fused-ring (bicyclic) bond motifs is 2. The van der Waals surface area contributed by atoms with Crippen LogP contribution in [0, 0.1) is 0 Å². The number of alkyl halides is 3. The Morgan fingerprint density at radius 1 is 1.15 bits per heavy atom. The van der Waals surface area contributed by atoms with E-state index in [2.05, 4.69) is 15.3 Å². The number of nitrogens with one attached hydrogen (secondary N) is 1. The number of hydrogen-bond donors (Lipinski definition) is 1. The molecule has 0 spiro atoms. The van der Waals surface area contributed by atoms with E-state index < -0.39 is 18.3 Å². The molecule has 1 N–H and O–H groups in total. The van der Waals surface area contributed by atoms with Crippen molar-refractivity contribution in [3.63, 3.8) is 0 Å². The second-order valence-corrected chi connectivity index (χ2v) is 9.04. The molecule has 2 fully saturated rings. The lowest BCUT2D eigenvalue weighted by Crippen LogP contribution is -2.52. The second-order valence-electron chi connectivity index (χ2n) is 9.04. The van der Waals surface area contributed by atoms with Crippen LogP contribution in [0.25, 0.3) is 0 Å². The van der Waals surface area contributed by atoms with E-state index in [9.17, 15) is 18.0 Å². The van der Waals surface area contributed by atoms with Crippen LogP contribution >= 0.6 is 0 Å². The highest BCUT2D eigenvalue weighted by molar-refractivity contribution is 5.99. The first kappa shape index (κ1) is 22.8. The molecule has 2 saturated heterocycles. The first-order valence-electron chi connectivity index (χ1n) is 11.5. The molecule has 34 heavy (non-hydrogen) atoms. The van der Waals surface area contributed by atoms with Gasteiger partial charge >= 0.3 is 6.18 Å². The van der Waals surface area contributed by atoms with Gasteiger partial charge in [0.05, 0.1) is 26.5 Å². The highest BCUT2D eigenvalue weighted by atomic mass is 19.4. The first-order valence-corrected chi connectivity index (χ1v) is 11.5. The molecule has 1 aromatic heterocycles. The quantitative estimate of drug-likeness (QED) is 0.724. The van der Waals surface area contributed by atoms with Gasteiger partial charge in [-0.3, -0.25) is 9.69 Å². The molecule has 5 rings (SSSR count). The average Bonchev–Trinajstić information content (AvgIpc) is 3.48. The summed E-state index contributed by atoms with van der Waals surface area (Å²) in [5.41, 5.74) is 0.781. The minimum absolute atomic E-state index is 0.104. The number of ether oxygens (including phenoxy) is 2. The Morgan fingerprint density at radius 3 is 2.68 bits per heavy atom. The Labute approximate surface area is 195 Å². The fourth-order valence-corrected chi connectivity index (χ4v) is 5.35. The summed E-state index contributed by atoms with van der Waals surface area (Å²) in [5, 5.41) is 7.17. The molecule has 8 nitrogen and oxygen atoms in total. The Morgan fingerprint density at radius 2 is 1.94 bits per heavy atom. The molecule has 2 aromatic rings. The SMILES string of the molecule is COc1ccc([C@H]2C[C@@H](C(F)(F)F)n3ncc(C(=O)N4CCN5CCC[C@@H]5C4)c3N2)cc1OC.